The van der Waals surface area contributed by atoms with Gasteiger partial charge in [-0.3, -0.25) is 9.59 Å². The van der Waals surface area contributed by atoms with Crippen LogP contribution in [0, 0.1) is 11.6 Å². The number of carbonyl (C=O) groups excluding carboxylic acids is 2. The number of benzene rings is 2. The number of hydrogen-bond donors (Lipinski definition) is 2. The lowest BCUT2D eigenvalue weighted by atomic mass is 10.1. The Labute approximate surface area is 134 Å². The fourth-order valence-corrected chi connectivity index (χ4v) is 2.35. The fraction of sp³-hybridized carbons (Fsp3) is 0. The van der Waals surface area contributed by atoms with Gasteiger partial charge in [-0.2, -0.15) is 0 Å². The summed E-state index contributed by atoms with van der Waals surface area (Å²) >= 11 is 5.85. The van der Waals surface area contributed by atoms with Gasteiger partial charge in [0.25, 0.3) is 11.7 Å². The summed E-state index contributed by atoms with van der Waals surface area (Å²) in [6.45, 7) is 0. The van der Waals surface area contributed by atoms with E-state index in [4.69, 9.17) is 11.6 Å². The fourth-order valence-electron chi connectivity index (χ4n) is 2.18. The van der Waals surface area contributed by atoms with Gasteiger partial charge < -0.3 is 10.3 Å². The molecule has 1 amide bonds. The molecule has 4 nitrogen and oxygen atoms in total. The number of Topliss-reactive ketones (excluding diaryl/α,β-unsaturated/α-hetero) is 1. The van der Waals surface area contributed by atoms with E-state index in [-0.39, 0.29) is 11.3 Å². The van der Waals surface area contributed by atoms with Gasteiger partial charge in [0.1, 0.15) is 11.6 Å². The number of H-pyrrole nitrogens is 1. The first-order valence-electron chi connectivity index (χ1n) is 6.53. The average Bonchev–Trinajstić information content (AvgIpc) is 2.92. The van der Waals surface area contributed by atoms with Crippen molar-refractivity contribution in [1.82, 2.24) is 4.98 Å². The van der Waals surface area contributed by atoms with Crippen molar-refractivity contribution in [2.75, 3.05) is 5.32 Å². The number of hydrogen-bond acceptors (Lipinski definition) is 2. The lowest BCUT2D eigenvalue weighted by molar-refractivity contribution is -0.112. The van der Waals surface area contributed by atoms with Crippen molar-refractivity contribution >= 4 is 39.9 Å². The third-order valence-corrected chi connectivity index (χ3v) is 3.51. The minimum atomic E-state index is -1.02. The van der Waals surface area contributed by atoms with E-state index in [0.717, 1.165) is 12.1 Å². The van der Waals surface area contributed by atoms with Gasteiger partial charge in [-0.25, -0.2) is 8.78 Å². The SMILES string of the molecule is O=C(Nc1ccc(F)cc1F)C(=O)c1c[nH]c2cc(Cl)ccc12. The molecule has 0 saturated heterocycles. The quantitative estimate of drug-likeness (QED) is 0.563. The molecule has 1 heterocycles. The average molecular weight is 335 g/mol. The van der Waals surface area contributed by atoms with Crippen LogP contribution in [0.4, 0.5) is 14.5 Å². The molecule has 0 fully saturated rings. The smallest absolute Gasteiger partial charge is 0.296 e. The molecular weight excluding hydrogens is 326 g/mol. The Morgan fingerprint density at radius 1 is 1.09 bits per heavy atom. The number of carbonyl (C=O) groups is 2. The lowest BCUT2D eigenvalue weighted by Crippen LogP contribution is -2.23. The molecule has 23 heavy (non-hydrogen) atoms. The summed E-state index contributed by atoms with van der Waals surface area (Å²) in [6.07, 6.45) is 1.38. The minimum absolute atomic E-state index is 0.136. The van der Waals surface area contributed by atoms with Gasteiger partial charge in [0.15, 0.2) is 0 Å². The Hall–Kier alpha value is -2.73. The summed E-state index contributed by atoms with van der Waals surface area (Å²) < 4.78 is 26.4. The second-order valence-electron chi connectivity index (χ2n) is 4.80. The summed E-state index contributed by atoms with van der Waals surface area (Å²) in [5, 5.41) is 3.14. The molecule has 0 bridgehead atoms. The summed E-state index contributed by atoms with van der Waals surface area (Å²) in [5.74, 6) is -3.61. The van der Waals surface area contributed by atoms with Crippen LogP contribution in [0.1, 0.15) is 10.4 Å². The topological polar surface area (TPSA) is 62.0 Å². The van der Waals surface area contributed by atoms with E-state index < -0.39 is 23.3 Å². The molecular formula is C16H9ClF2N2O2. The molecule has 0 aliphatic rings. The molecule has 0 unspecified atom stereocenters. The Bertz CT molecular complexity index is 937. The molecule has 7 heteroatoms. The molecule has 2 aromatic carbocycles. The van der Waals surface area contributed by atoms with Gasteiger partial charge in [0, 0.05) is 28.2 Å². The molecule has 0 saturated carbocycles. The number of rotatable bonds is 3. The van der Waals surface area contributed by atoms with Crippen molar-refractivity contribution < 1.29 is 18.4 Å². The molecule has 0 atom stereocenters. The maximum absolute atomic E-state index is 13.5. The second-order valence-corrected chi connectivity index (χ2v) is 5.24. The highest BCUT2D eigenvalue weighted by Gasteiger charge is 2.21. The van der Waals surface area contributed by atoms with Crippen LogP contribution < -0.4 is 5.32 Å². The van der Waals surface area contributed by atoms with E-state index in [1.54, 1.807) is 18.2 Å². The Morgan fingerprint density at radius 2 is 1.87 bits per heavy atom. The maximum atomic E-state index is 13.5. The van der Waals surface area contributed by atoms with Gasteiger partial charge in [-0.1, -0.05) is 17.7 Å². The first-order chi connectivity index (χ1) is 11.0. The zero-order valence-electron chi connectivity index (χ0n) is 11.5. The monoisotopic (exact) mass is 334 g/mol. The largest absolute Gasteiger partial charge is 0.360 e. The van der Waals surface area contributed by atoms with Crippen molar-refractivity contribution in [3.63, 3.8) is 0 Å². The van der Waals surface area contributed by atoms with E-state index in [1.165, 1.54) is 6.20 Å². The minimum Gasteiger partial charge on any atom is -0.360 e. The number of halogens is 3. The number of aromatic amines is 1. The van der Waals surface area contributed by atoms with Crippen LogP contribution in [0.2, 0.25) is 5.02 Å². The van der Waals surface area contributed by atoms with Crippen LogP contribution in [0.3, 0.4) is 0 Å². The predicted molar refractivity (Wildman–Crippen MR) is 82.6 cm³/mol. The zero-order chi connectivity index (χ0) is 16.6. The van der Waals surface area contributed by atoms with Gasteiger partial charge in [-0.15, -0.1) is 0 Å². The Balaban J connectivity index is 1.88. The molecule has 0 spiro atoms. The number of ketones is 1. The molecule has 0 aliphatic carbocycles. The first-order valence-corrected chi connectivity index (χ1v) is 6.91. The van der Waals surface area contributed by atoms with Crippen molar-refractivity contribution in [3.05, 3.63) is 64.8 Å². The third-order valence-electron chi connectivity index (χ3n) is 3.27. The maximum Gasteiger partial charge on any atom is 0.296 e. The van der Waals surface area contributed by atoms with Crippen molar-refractivity contribution in [2.24, 2.45) is 0 Å². The van der Waals surface area contributed by atoms with Crippen LogP contribution in [0.25, 0.3) is 10.9 Å². The second kappa shape index (κ2) is 5.81. The highest BCUT2D eigenvalue weighted by Crippen LogP contribution is 2.23. The van der Waals surface area contributed by atoms with Gasteiger partial charge in [0.2, 0.25) is 0 Å². The molecule has 116 valence electrons. The van der Waals surface area contributed by atoms with Crippen molar-refractivity contribution in [3.8, 4) is 0 Å². The van der Waals surface area contributed by atoms with E-state index in [9.17, 15) is 18.4 Å². The zero-order valence-corrected chi connectivity index (χ0v) is 12.2. The Morgan fingerprint density at radius 3 is 2.61 bits per heavy atom. The molecule has 0 radical (unpaired) electrons. The molecule has 1 aromatic heterocycles. The molecule has 3 rings (SSSR count). The highest BCUT2D eigenvalue weighted by atomic mass is 35.5. The summed E-state index contributed by atoms with van der Waals surface area (Å²) in [4.78, 5) is 27.1. The highest BCUT2D eigenvalue weighted by molar-refractivity contribution is 6.48. The van der Waals surface area contributed by atoms with E-state index >= 15 is 0 Å². The van der Waals surface area contributed by atoms with Crippen LogP contribution in [-0.4, -0.2) is 16.7 Å². The lowest BCUT2D eigenvalue weighted by Gasteiger charge is -2.05. The normalized spacial score (nSPS) is 10.7. The number of anilines is 1. The number of amides is 1. The summed E-state index contributed by atoms with van der Waals surface area (Å²) in [7, 11) is 0. The van der Waals surface area contributed by atoms with Gasteiger partial charge >= 0.3 is 0 Å². The van der Waals surface area contributed by atoms with Gasteiger partial charge in [0.05, 0.1) is 11.3 Å². The molecule has 2 N–H and O–H groups in total. The van der Waals surface area contributed by atoms with Crippen molar-refractivity contribution in [2.45, 2.75) is 0 Å². The Kier molecular flexibility index (Phi) is 3.83. The molecule has 3 aromatic rings. The first kappa shape index (κ1) is 15.2. The van der Waals surface area contributed by atoms with Crippen LogP contribution in [-0.2, 0) is 4.79 Å². The van der Waals surface area contributed by atoms with E-state index in [0.29, 0.717) is 22.0 Å². The standard InChI is InChI=1S/C16H9ClF2N2O2/c17-8-1-3-10-11(7-20-14(10)5-8)15(22)16(23)21-13-4-2-9(18)6-12(13)19/h1-7,20H,(H,21,23). The third kappa shape index (κ3) is 2.93. The number of aromatic nitrogens is 1. The number of nitrogens with one attached hydrogen (secondary N) is 2. The molecule has 0 aliphatic heterocycles. The van der Waals surface area contributed by atoms with Gasteiger partial charge in [-0.05, 0) is 24.3 Å². The van der Waals surface area contributed by atoms with E-state index in [2.05, 4.69) is 10.3 Å². The summed E-state index contributed by atoms with van der Waals surface area (Å²) in [6, 6.07) is 7.46. The predicted octanol–water partition coefficient (Wildman–Crippen LogP) is 3.92. The number of fused-ring (bicyclic) bond motifs is 1. The van der Waals surface area contributed by atoms with Crippen molar-refractivity contribution in [1.29, 1.82) is 0 Å². The van der Waals surface area contributed by atoms with Crippen LogP contribution in [0.5, 0.6) is 0 Å². The van der Waals surface area contributed by atoms with Crippen LogP contribution in [0.15, 0.2) is 42.6 Å². The van der Waals surface area contributed by atoms with Crippen LogP contribution >= 0.6 is 11.6 Å². The summed E-state index contributed by atoms with van der Waals surface area (Å²) in [5.41, 5.74) is 0.464. The van der Waals surface area contributed by atoms with E-state index in [1.807, 2.05) is 0 Å².